The van der Waals surface area contributed by atoms with Crippen molar-refractivity contribution in [3.63, 3.8) is 0 Å². The summed E-state index contributed by atoms with van der Waals surface area (Å²) in [6.07, 6.45) is 1.45. The molecule has 1 rings (SSSR count). The first-order chi connectivity index (χ1) is 7.83. The first-order valence-electron chi connectivity index (χ1n) is 4.67. The molecule has 8 heteroatoms. The number of nitrogen functional groups attached to an aromatic ring is 1. The van der Waals surface area contributed by atoms with Gasteiger partial charge in [0, 0.05) is 35.0 Å². The Labute approximate surface area is 102 Å². The average molecular weight is 280 g/mol. The van der Waals surface area contributed by atoms with Gasteiger partial charge in [0.1, 0.15) is 10.7 Å². The van der Waals surface area contributed by atoms with Gasteiger partial charge in [-0.3, -0.25) is 4.21 Å². The van der Waals surface area contributed by atoms with Crippen LogP contribution in [0, 0.1) is 5.82 Å². The van der Waals surface area contributed by atoms with Gasteiger partial charge in [-0.25, -0.2) is 17.5 Å². The summed E-state index contributed by atoms with van der Waals surface area (Å²) in [5.74, 6) is -0.701. The molecule has 0 aliphatic heterocycles. The molecule has 0 saturated heterocycles. The van der Waals surface area contributed by atoms with Crippen LogP contribution in [-0.2, 0) is 20.8 Å². The molecule has 0 aliphatic carbocycles. The molecule has 0 amide bonds. The standard InChI is InChI=1S/C9H13FN2O3S2/c1-16(13)5-4-12-17(14,15)9-6-7(11)2-3-8(9)10/h2-3,6,12H,4-5,11H2,1H3. The van der Waals surface area contributed by atoms with Crippen molar-refractivity contribution < 1.29 is 17.0 Å². The van der Waals surface area contributed by atoms with Gasteiger partial charge in [-0.15, -0.1) is 0 Å². The molecule has 1 atom stereocenters. The number of benzene rings is 1. The van der Waals surface area contributed by atoms with Crippen molar-refractivity contribution in [1.82, 2.24) is 4.72 Å². The van der Waals surface area contributed by atoms with Crippen molar-refractivity contribution in [2.45, 2.75) is 4.90 Å². The minimum absolute atomic E-state index is 0.0142. The monoisotopic (exact) mass is 280 g/mol. The van der Waals surface area contributed by atoms with Crippen LogP contribution in [0.5, 0.6) is 0 Å². The summed E-state index contributed by atoms with van der Waals surface area (Å²) in [5, 5.41) is 0. The summed E-state index contributed by atoms with van der Waals surface area (Å²) in [7, 11) is -5.06. The molecule has 1 aromatic carbocycles. The normalized spacial score (nSPS) is 13.5. The van der Waals surface area contributed by atoms with Gasteiger partial charge in [0.2, 0.25) is 10.0 Å². The number of hydrogen-bond donors (Lipinski definition) is 2. The maximum atomic E-state index is 13.3. The average Bonchev–Trinajstić information content (AvgIpc) is 2.20. The van der Waals surface area contributed by atoms with Crippen LogP contribution in [0.25, 0.3) is 0 Å². The molecule has 0 fully saturated rings. The third-order valence-corrected chi connectivity index (χ3v) is 4.18. The molecule has 17 heavy (non-hydrogen) atoms. The Morgan fingerprint density at radius 3 is 2.71 bits per heavy atom. The highest BCUT2D eigenvalue weighted by molar-refractivity contribution is 7.89. The van der Waals surface area contributed by atoms with Gasteiger partial charge in [-0.2, -0.15) is 0 Å². The van der Waals surface area contributed by atoms with E-state index >= 15 is 0 Å². The molecule has 1 aromatic rings. The largest absolute Gasteiger partial charge is 0.399 e. The third kappa shape index (κ3) is 4.06. The first kappa shape index (κ1) is 14.1. The molecule has 0 bridgehead atoms. The smallest absolute Gasteiger partial charge is 0.243 e. The topological polar surface area (TPSA) is 89.3 Å². The van der Waals surface area contributed by atoms with Gasteiger partial charge < -0.3 is 5.73 Å². The number of nitrogens with two attached hydrogens (primary N) is 1. The van der Waals surface area contributed by atoms with Crippen LogP contribution in [0.2, 0.25) is 0 Å². The van der Waals surface area contributed by atoms with Crippen LogP contribution < -0.4 is 10.5 Å². The van der Waals surface area contributed by atoms with Crippen LogP contribution in [-0.4, -0.2) is 31.2 Å². The third-order valence-electron chi connectivity index (χ3n) is 1.93. The lowest BCUT2D eigenvalue weighted by molar-refractivity contribution is 0.559. The zero-order chi connectivity index (χ0) is 13.1. The Bertz CT molecular complexity index is 531. The van der Waals surface area contributed by atoms with Crippen LogP contribution in [0.1, 0.15) is 0 Å². The lowest BCUT2D eigenvalue weighted by atomic mass is 10.3. The van der Waals surface area contributed by atoms with Crippen LogP contribution in [0.15, 0.2) is 23.1 Å². The van der Waals surface area contributed by atoms with E-state index in [1.54, 1.807) is 0 Å². The summed E-state index contributed by atoms with van der Waals surface area (Å²) in [5.41, 5.74) is 5.55. The summed E-state index contributed by atoms with van der Waals surface area (Å²) >= 11 is 0. The van der Waals surface area contributed by atoms with Crippen LogP contribution in [0.4, 0.5) is 10.1 Å². The van der Waals surface area contributed by atoms with Gasteiger partial charge >= 0.3 is 0 Å². The van der Waals surface area contributed by atoms with Crippen molar-refractivity contribution in [2.24, 2.45) is 0 Å². The van der Waals surface area contributed by atoms with Crippen molar-refractivity contribution in [1.29, 1.82) is 0 Å². The van der Waals surface area contributed by atoms with Crippen LogP contribution in [0.3, 0.4) is 0 Å². The zero-order valence-corrected chi connectivity index (χ0v) is 10.8. The molecule has 0 saturated carbocycles. The highest BCUT2D eigenvalue weighted by Crippen LogP contribution is 2.17. The lowest BCUT2D eigenvalue weighted by Gasteiger charge is -2.07. The molecule has 3 N–H and O–H groups in total. The van der Waals surface area contributed by atoms with E-state index in [1.807, 2.05) is 0 Å². The van der Waals surface area contributed by atoms with Crippen molar-refractivity contribution >= 4 is 26.5 Å². The molecule has 1 unspecified atom stereocenters. The summed E-state index contributed by atoms with van der Waals surface area (Å²) in [6, 6.07) is 3.30. The Morgan fingerprint density at radius 2 is 2.12 bits per heavy atom. The van der Waals surface area contributed by atoms with Gasteiger partial charge in [-0.1, -0.05) is 0 Å². The van der Waals surface area contributed by atoms with Gasteiger partial charge in [-0.05, 0) is 18.2 Å². The molecule has 96 valence electrons. The zero-order valence-electron chi connectivity index (χ0n) is 9.14. The summed E-state index contributed by atoms with van der Waals surface area (Å²) in [4.78, 5) is -0.501. The van der Waals surface area contributed by atoms with E-state index < -0.39 is 31.5 Å². The van der Waals surface area contributed by atoms with Crippen molar-refractivity contribution in [2.75, 3.05) is 24.3 Å². The number of sulfonamides is 1. The minimum Gasteiger partial charge on any atom is -0.399 e. The summed E-state index contributed by atoms with van der Waals surface area (Å²) in [6.45, 7) is -0.0142. The number of nitrogens with one attached hydrogen (secondary N) is 1. The molecular weight excluding hydrogens is 267 g/mol. The number of anilines is 1. The van der Waals surface area contributed by atoms with E-state index in [-0.39, 0.29) is 18.0 Å². The highest BCUT2D eigenvalue weighted by Gasteiger charge is 2.18. The number of rotatable bonds is 5. The minimum atomic E-state index is -3.95. The SMILES string of the molecule is CS(=O)CCNS(=O)(=O)c1cc(N)ccc1F. The number of halogens is 1. The van der Waals surface area contributed by atoms with Gasteiger partial charge in [0.05, 0.1) is 0 Å². The fourth-order valence-electron chi connectivity index (χ4n) is 1.12. The van der Waals surface area contributed by atoms with Crippen molar-refractivity contribution in [3.05, 3.63) is 24.0 Å². The second-order valence-corrected chi connectivity index (χ2v) is 6.65. The fraction of sp³-hybridized carbons (Fsp3) is 0.333. The maximum absolute atomic E-state index is 13.3. The molecule has 0 heterocycles. The molecule has 0 radical (unpaired) electrons. The molecule has 0 spiro atoms. The van der Waals surface area contributed by atoms with E-state index in [2.05, 4.69) is 4.72 Å². The number of hydrogen-bond acceptors (Lipinski definition) is 4. The molecular formula is C9H13FN2O3S2. The van der Waals surface area contributed by atoms with E-state index in [1.165, 1.54) is 12.3 Å². The maximum Gasteiger partial charge on any atom is 0.243 e. The van der Waals surface area contributed by atoms with E-state index in [0.717, 1.165) is 12.1 Å². The van der Waals surface area contributed by atoms with Crippen molar-refractivity contribution in [3.8, 4) is 0 Å². The quantitative estimate of drug-likeness (QED) is 0.747. The predicted octanol–water partition coefficient (Wildman–Crippen LogP) is 0.0647. The van der Waals surface area contributed by atoms with E-state index in [9.17, 15) is 17.0 Å². The summed E-state index contributed by atoms with van der Waals surface area (Å²) < 4.78 is 49.6. The van der Waals surface area contributed by atoms with Crippen LogP contribution >= 0.6 is 0 Å². The fourth-order valence-corrected chi connectivity index (χ4v) is 2.78. The highest BCUT2D eigenvalue weighted by atomic mass is 32.2. The Kier molecular flexibility index (Phi) is 4.61. The van der Waals surface area contributed by atoms with Gasteiger partial charge in [0.25, 0.3) is 0 Å². The lowest BCUT2D eigenvalue weighted by Crippen LogP contribution is -2.28. The molecule has 0 aromatic heterocycles. The second-order valence-electron chi connectivity index (χ2n) is 3.36. The Hall–Kier alpha value is -0.990. The van der Waals surface area contributed by atoms with E-state index in [4.69, 9.17) is 5.73 Å². The molecule has 0 aliphatic rings. The second kappa shape index (κ2) is 5.56. The first-order valence-corrected chi connectivity index (χ1v) is 7.88. The Morgan fingerprint density at radius 1 is 1.47 bits per heavy atom. The molecule has 5 nitrogen and oxygen atoms in total. The Balaban J connectivity index is 2.89. The van der Waals surface area contributed by atoms with Gasteiger partial charge in [0.15, 0.2) is 0 Å². The van der Waals surface area contributed by atoms with E-state index in [0.29, 0.717) is 0 Å². The predicted molar refractivity (Wildman–Crippen MR) is 64.9 cm³/mol.